The highest BCUT2D eigenvalue weighted by Gasteiger charge is 2.10. The minimum Gasteiger partial charge on any atom is -0.481 e. The molecule has 5 heteroatoms. The Morgan fingerprint density at radius 2 is 1.94 bits per heavy atom. The SMILES string of the molecule is CCCN(CC)C(=O)NCCC(C)CCC(=O)O. The maximum atomic E-state index is 11.7. The van der Waals surface area contributed by atoms with E-state index < -0.39 is 5.97 Å². The van der Waals surface area contributed by atoms with Gasteiger partial charge < -0.3 is 15.3 Å². The highest BCUT2D eigenvalue weighted by Crippen LogP contribution is 2.09. The molecule has 0 aromatic heterocycles. The lowest BCUT2D eigenvalue weighted by Gasteiger charge is -2.21. The number of rotatable bonds is 9. The lowest BCUT2D eigenvalue weighted by Crippen LogP contribution is -2.40. The van der Waals surface area contributed by atoms with Crippen LogP contribution < -0.4 is 5.32 Å². The van der Waals surface area contributed by atoms with Crippen LogP contribution in [-0.2, 0) is 4.79 Å². The molecule has 1 unspecified atom stereocenters. The zero-order chi connectivity index (χ0) is 14.0. The largest absolute Gasteiger partial charge is 0.481 e. The van der Waals surface area contributed by atoms with Gasteiger partial charge in [-0.3, -0.25) is 4.79 Å². The Morgan fingerprint density at radius 1 is 1.28 bits per heavy atom. The van der Waals surface area contributed by atoms with Crippen molar-refractivity contribution in [1.82, 2.24) is 10.2 Å². The summed E-state index contributed by atoms with van der Waals surface area (Å²) in [6, 6.07) is -0.0233. The van der Waals surface area contributed by atoms with Crippen LogP contribution in [0.4, 0.5) is 4.79 Å². The van der Waals surface area contributed by atoms with Crippen LogP contribution in [0.2, 0.25) is 0 Å². The highest BCUT2D eigenvalue weighted by molar-refractivity contribution is 5.74. The summed E-state index contributed by atoms with van der Waals surface area (Å²) in [5.74, 6) is -0.436. The average Bonchev–Trinajstić information content (AvgIpc) is 2.33. The predicted octanol–water partition coefficient (Wildman–Crippen LogP) is 2.32. The molecule has 106 valence electrons. The number of hydrogen-bond acceptors (Lipinski definition) is 2. The quantitative estimate of drug-likeness (QED) is 0.667. The number of hydrogen-bond donors (Lipinski definition) is 2. The van der Waals surface area contributed by atoms with Crippen molar-refractivity contribution in [1.29, 1.82) is 0 Å². The fourth-order valence-corrected chi connectivity index (χ4v) is 1.72. The topological polar surface area (TPSA) is 69.6 Å². The van der Waals surface area contributed by atoms with Gasteiger partial charge in [0.2, 0.25) is 0 Å². The molecule has 5 nitrogen and oxygen atoms in total. The number of urea groups is 1. The predicted molar refractivity (Wildman–Crippen MR) is 71.6 cm³/mol. The van der Waals surface area contributed by atoms with Crippen molar-refractivity contribution < 1.29 is 14.7 Å². The summed E-state index contributed by atoms with van der Waals surface area (Å²) in [6.07, 6.45) is 2.64. The molecular formula is C13H26N2O3. The Morgan fingerprint density at radius 3 is 2.44 bits per heavy atom. The first-order valence-corrected chi connectivity index (χ1v) is 6.75. The zero-order valence-electron chi connectivity index (χ0n) is 11.7. The second kappa shape index (κ2) is 9.74. The van der Waals surface area contributed by atoms with Gasteiger partial charge >= 0.3 is 12.0 Å². The molecule has 0 rings (SSSR count). The van der Waals surface area contributed by atoms with E-state index in [2.05, 4.69) is 5.32 Å². The molecule has 0 bridgehead atoms. The van der Waals surface area contributed by atoms with Crippen LogP contribution in [0.3, 0.4) is 0 Å². The van der Waals surface area contributed by atoms with Gasteiger partial charge in [-0.2, -0.15) is 0 Å². The number of amides is 2. The Hall–Kier alpha value is -1.26. The molecule has 0 aliphatic rings. The molecule has 2 N–H and O–H groups in total. The maximum Gasteiger partial charge on any atom is 0.317 e. The van der Waals surface area contributed by atoms with Crippen LogP contribution in [0.25, 0.3) is 0 Å². The molecule has 2 amide bonds. The van der Waals surface area contributed by atoms with Gasteiger partial charge in [0.05, 0.1) is 0 Å². The van der Waals surface area contributed by atoms with E-state index in [9.17, 15) is 9.59 Å². The summed E-state index contributed by atoms with van der Waals surface area (Å²) in [5.41, 5.74) is 0. The van der Waals surface area contributed by atoms with Crippen LogP contribution in [0, 0.1) is 5.92 Å². The third-order valence-electron chi connectivity index (χ3n) is 2.93. The molecule has 0 radical (unpaired) electrons. The first kappa shape index (κ1) is 16.7. The van der Waals surface area contributed by atoms with E-state index in [0.29, 0.717) is 25.4 Å². The van der Waals surface area contributed by atoms with Crippen molar-refractivity contribution in [2.75, 3.05) is 19.6 Å². The van der Waals surface area contributed by atoms with Gasteiger partial charge in [-0.15, -0.1) is 0 Å². The second-order valence-corrected chi connectivity index (χ2v) is 4.64. The van der Waals surface area contributed by atoms with Crippen LogP contribution in [0.15, 0.2) is 0 Å². The minimum absolute atomic E-state index is 0.0233. The Kier molecular flexibility index (Phi) is 9.06. The number of nitrogens with zero attached hydrogens (tertiary/aromatic N) is 1. The van der Waals surface area contributed by atoms with Gasteiger partial charge in [-0.1, -0.05) is 13.8 Å². The van der Waals surface area contributed by atoms with Gasteiger partial charge in [-0.25, -0.2) is 4.79 Å². The fraction of sp³-hybridized carbons (Fsp3) is 0.846. The number of carboxylic acid groups (broad SMARTS) is 1. The van der Waals surface area contributed by atoms with Crippen molar-refractivity contribution in [3.8, 4) is 0 Å². The smallest absolute Gasteiger partial charge is 0.317 e. The van der Waals surface area contributed by atoms with Crippen molar-refractivity contribution in [3.63, 3.8) is 0 Å². The molecule has 0 heterocycles. The lowest BCUT2D eigenvalue weighted by molar-refractivity contribution is -0.137. The molecule has 0 aromatic rings. The van der Waals surface area contributed by atoms with E-state index in [1.165, 1.54) is 0 Å². The molecule has 0 aromatic carbocycles. The van der Waals surface area contributed by atoms with Gasteiger partial charge in [0.1, 0.15) is 0 Å². The van der Waals surface area contributed by atoms with Crippen LogP contribution in [0.5, 0.6) is 0 Å². The molecule has 0 spiro atoms. The number of carbonyl (C=O) groups excluding carboxylic acids is 1. The van der Waals surface area contributed by atoms with E-state index in [1.54, 1.807) is 4.90 Å². The monoisotopic (exact) mass is 258 g/mol. The van der Waals surface area contributed by atoms with Gasteiger partial charge in [-0.05, 0) is 32.1 Å². The number of carbonyl (C=O) groups is 2. The number of nitrogens with one attached hydrogen (secondary N) is 1. The summed E-state index contributed by atoms with van der Waals surface area (Å²) < 4.78 is 0. The van der Waals surface area contributed by atoms with Crippen LogP contribution in [-0.4, -0.2) is 41.6 Å². The van der Waals surface area contributed by atoms with E-state index >= 15 is 0 Å². The maximum absolute atomic E-state index is 11.7. The molecule has 0 aliphatic heterocycles. The molecule has 1 atom stereocenters. The zero-order valence-corrected chi connectivity index (χ0v) is 11.7. The number of carboxylic acids is 1. The molecule has 0 aliphatic carbocycles. The lowest BCUT2D eigenvalue weighted by atomic mass is 10.0. The number of aliphatic carboxylic acids is 1. The van der Waals surface area contributed by atoms with E-state index in [1.807, 2.05) is 20.8 Å². The average molecular weight is 258 g/mol. The molecule has 0 saturated carbocycles. The minimum atomic E-state index is -0.758. The second-order valence-electron chi connectivity index (χ2n) is 4.64. The normalized spacial score (nSPS) is 11.9. The van der Waals surface area contributed by atoms with E-state index in [-0.39, 0.29) is 12.5 Å². The first-order valence-electron chi connectivity index (χ1n) is 6.75. The van der Waals surface area contributed by atoms with Gasteiger partial charge in [0, 0.05) is 26.1 Å². The van der Waals surface area contributed by atoms with Gasteiger partial charge in [0.15, 0.2) is 0 Å². The van der Waals surface area contributed by atoms with Crippen molar-refractivity contribution in [2.45, 2.75) is 46.5 Å². The molecular weight excluding hydrogens is 232 g/mol. The third-order valence-corrected chi connectivity index (χ3v) is 2.93. The summed E-state index contributed by atoms with van der Waals surface area (Å²) >= 11 is 0. The molecule has 0 fully saturated rings. The standard InChI is InChI=1S/C13H26N2O3/c1-4-10-15(5-2)13(18)14-9-8-11(3)6-7-12(16)17/h11H,4-10H2,1-3H3,(H,14,18)(H,16,17). The first-order chi connectivity index (χ1) is 8.51. The summed E-state index contributed by atoms with van der Waals surface area (Å²) in [7, 11) is 0. The van der Waals surface area contributed by atoms with E-state index in [4.69, 9.17) is 5.11 Å². The summed E-state index contributed by atoms with van der Waals surface area (Å²) in [5, 5.41) is 11.4. The third kappa shape index (κ3) is 7.92. The summed E-state index contributed by atoms with van der Waals surface area (Å²) in [6.45, 7) is 8.12. The van der Waals surface area contributed by atoms with Crippen molar-refractivity contribution in [3.05, 3.63) is 0 Å². The Balaban J connectivity index is 3.75. The van der Waals surface area contributed by atoms with Gasteiger partial charge in [0.25, 0.3) is 0 Å². The molecule has 18 heavy (non-hydrogen) atoms. The van der Waals surface area contributed by atoms with Crippen molar-refractivity contribution >= 4 is 12.0 Å². The molecule has 0 saturated heterocycles. The van der Waals surface area contributed by atoms with E-state index in [0.717, 1.165) is 19.4 Å². The van der Waals surface area contributed by atoms with Crippen molar-refractivity contribution in [2.24, 2.45) is 5.92 Å². The summed E-state index contributed by atoms with van der Waals surface area (Å²) in [4.78, 5) is 23.9. The Bertz CT molecular complexity index is 257. The van der Waals surface area contributed by atoms with Crippen LogP contribution >= 0.6 is 0 Å². The highest BCUT2D eigenvalue weighted by atomic mass is 16.4. The van der Waals surface area contributed by atoms with Crippen LogP contribution in [0.1, 0.15) is 46.5 Å². The fourth-order valence-electron chi connectivity index (χ4n) is 1.72. The Labute approximate surface area is 110 Å².